The lowest BCUT2D eigenvalue weighted by Crippen LogP contribution is -2.44. The summed E-state index contributed by atoms with van der Waals surface area (Å²) in [6.07, 6.45) is 1.44. The third-order valence-electron chi connectivity index (χ3n) is 2.08. The molecule has 0 aromatic heterocycles. The zero-order valence-corrected chi connectivity index (χ0v) is 10.9. The first-order chi connectivity index (χ1) is 6.24. The summed E-state index contributed by atoms with van der Waals surface area (Å²) >= 11 is 5.58. The van der Waals surface area contributed by atoms with E-state index >= 15 is 0 Å². The molecular formula is C9H20ClNO2S. The van der Waals surface area contributed by atoms with E-state index in [1.54, 1.807) is 20.8 Å². The molecule has 0 bridgehead atoms. The van der Waals surface area contributed by atoms with E-state index in [1.807, 2.05) is 6.92 Å². The van der Waals surface area contributed by atoms with Gasteiger partial charge in [-0.25, -0.2) is 13.1 Å². The second-order valence-electron chi connectivity index (χ2n) is 4.32. The van der Waals surface area contributed by atoms with E-state index in [0.717, 1.165) is 6.42 Å². The molecule has 1 N–H and O–H groups in total. The molecule has 86 valence electrons. The molecule has 0 fully saturated rings. The van der Waals surface area contributed by atoms with Gasteiger partial charge in [-0.05, 0) is 33.6 Å². The van der Waals surface area contributed by atoms with E-state index in [-0.39, 0.29) is 6.04 Å². The molecule has 0 aliphatic rings. The maximum Gasteiger partial charge on any atom is 0.216 e. The van der Waals surface area contributed by atoms with Crippen molar-refractivity contribution in [2.75, 3.05) is 5.88 Å². The summed E-state index contributed by atoms with van der Waals surface area (Å²) in [5.74, 6) is 0.477. The van der Waals surface area contributed by atoms with Crippen LogP contribution in [0, 0.1) is 0 Å². The lowest BCUT2D eigenvalue weighted by molar-refractivity contribution is 0.506. The summed E-state index contributed by atoms with van der Waals surface area (Å²) < 4.78 is 25.4. The topological polar surface area (TPSA) is 46.2 Å². The highest BCUT2D eigenvalue weighted by molar-refractivity contribution is 7.90. The largest absolute Gasteiger partial charge is 0.216 e. The third-order valence-corrected chi connectivity index (χ3v) is 4.55. The van der Waals surface area contributed by atoms with Gasteiger partial charge in [0.15, 0.2) is 0 Å². The summed E-state index contributed by atoms with van der Waals surface area (Å²) in [5, 5.41) is 0. The van der Waals surface area contributed by atoms with Gasteiger partial charge in [0.1, 0.15) is 0 Å². The molecule has 0 saturated heterocycles. The number of rotatable bonds is 5. The molecule has 0 saturated carbocycles. The smallest absolute Gasteiger partial charge is 0.212 e. The van der Waals surface area contributed by atoms with Gasteiger partial charge in [0.2, 0.25) is 10.0 Å². The van der Waals surface area contributed by atoms with Gasteiger partial charge in [-0.3, -0.25) is 0 Å². The summed E-state index contributed by atoms with van der Waals surface area (Å²) in [7, 11) is -3.24. The Balaban J connectivity index is 4.49. The first kappa shape index (κ1) is 14.2. The van der Waals surface area contributed by atoms with Gasteiger partial charge >= 0.3 is 0 Å². The van der Waals surface area contributed by atoms with Crippen LogP contribution in [0.1, 0.15) is 40.5 Å². The van der Waals surface area contributed by atoms with Gasteiger partial charge in [-0.2, -0.15) is 0 Å². The quantitative estimate of drug-likeness (QED) is 0.750. The van der Waals surface area contributed by atoms with E-state index < -0.39 is 14.8 Å². The van der Waals surface area contributed by atoms with E-state index in [4.69, 9.17) is 11.6 Å². The van der Waals surface area contributed by atoms with Crippen molar-refractivity contribution >= 4 is 21.6 Å². The van der Waals surface area contributed by atoms with Crippen LogP contribution in [0.25, 0.3) is 0 Å². The fourth-order valence-corrected chi connectivity index (χ4v) is 2.21. The highest BCUT2D eigenvalue weighted by atomic mass is 35.5. The number of alkyl halides is 1. The fraction of sp³-hybridized carbons (Fsp3) is 1.00. The van der Waals surface area contributed by atoms with Crippen molar-refractivity contribution in [2.24, 2.45) is 0 Å². The summed E-state index contributed by atoms with van der Waals surface area (Å²) in [4.78, 5) is 0. The van der Waals surface area contributed by atoms with E-state index in [1.165, 1.54) is 0 Å². The molecule has 0 aromatic carbocycles. The predicted octanol–water partition coefficient (Wildman–Crippen LogP) is 2.11. The number of sulfonamides is 1. The van der Waals surface area contributed by atoms with Crippen molar-refractivity contribution in [1.82, 2.24) is 4.72 Å². The third kappa shape index (κ3) is 4.15. The molecule has 0 aromatic rings. The number of halogens is 1. The lowest BCUT2D eigenvalue weighted by Gasteiger charge is -2.24. The molecule has 3 nitrogen and oxygen atoms in total. The van der Waals surface area contributed by atoms with E-state index in [9.17, 15) is 8.42 Å². The van der Waals surface area contributed by atoms with Gasteiger partial charge in [-0.1, -0.05) is 6.92 Å². The first-order valence-electron chi connectivity index (χ1n) is 4.82. The number of hydrogen-bond acceptors (Lipinski definition) is 2. The summed E-state index contributed by atoms with van der Waals surface area (Å²) in [6.45, 7) is 7.00. The Morgan fingerprint density at radius 2 is 1.86 bits per heavy atom. The molecule has 0 heterocycles. The maximum atomic E-state index is 11.7. The van der Waals surface area contributed by atoms with Crippen molar-refractivity contribution in [1.29, 1.82) is 0 Å². The highest BCUT2D eigenvalue weighted by Gasteiger charge is 2.30. The van der Waals surface area contributed by atoms with Crippen molar-refractivity contribution in [3.63, 3.8) is 0 Å². The summed E-state index contributed by atoms with van der Waals surface area (Å²) in [5.41, 5.74) is 0. The molecule has 1 unspecified atom stereocenters. The molecule has 14 heavy (non-hydrogen) atoms. The maximum absolute atomic E-state index is 11.7. The van der Waals surface area contributed by atoms with Crippen LogP contribution in [-0.4, -0.2) is 25.1 Å². The van der Waals surface area contributed by atoms with Gasteiger partial charge in [0.05, 0.1) is 4.75 Å². The predicted molar refractivity (Wildman–Crippen MR) is 61.2 cm³/mol. The minimum Gasteiger partial charge on any atom is -0.212 e. The SMILES string of the molecule is CCC(CCCl)NS(=O)(=O)C(C)(C)C. The van der Waals surface area contributed by atoms with Gasteiger partial charge < -0.3 is 0 Å². The number of nitrogens with one attached hydrogen (secondary N) is 1. The van der Waals surface area contributed by atoms with Crippen molar-refractivity contribution in [3.05, 3.63) is 0 Å². The second-order valence-corrected chi connectivity index (χ2v) is 7.16. The van der Waals surface area contributed by atoms with Crippen LogP contribution in [0.3, 0.4) is 0 Å². The zero-order valence-electron chi connectivity index (χ0n) is 9.30. The van der Waals surface area contributed by atoms with Crippen LogP contribution in [0.15, 0.2) is 0 Å². The van der Waals surface area contributed by atoms with Crippen LogP contribution in [0.4, 0.5) is 0 Å². The summed E-state index contributed by atoms with van der Waals surface area (Å²) in [6, 6.07) is -0.0447. The molecule has 0 aliphatic heterocycles. The van der Waals surface area contributed by atoms with Crippen LogP contribution in [0.5, 0.6) is 0 Å². The van der Waals surface area contributed by atoms with Crippen LogP contribution in [-0.2, 0) is 10.0 Å². The Kier molecular flexibility index (Phi) is 5.41. The average molecular weight is 242 g/mol. The van der Waals surface area contributed by atoms with Crippen LogP contribution in [0.2, 0.25) is 0 Å². The molecule has 0 amide bonds. The van der Waals surface area contributed by atoms with E-state index in [2.05, 4.69) is 4.72 Å². The van der Waals surface area contributed by atoms with Crippen molar-refractivity contribution in [3.8, 4) is 0 Å². The average Bonchev–Trinajstić information content (AvgIpc) is 2.01. The fourth-order valence-electron chi connectivity index (χ4n) is 0.874. The Hall–Kier alpha value is 0.200. The number of hydrogen-bond donors (Lipinski definition) is 1. The highest BCUT2D eigenvalue weighted by Crippen LogP contribution is 2.15. The molecule has 0 radical (unpaired) electrons. The standard InChI is InChI=1S/C9H20ClNO2S/c1-5-8(6-7-10)11-14(12,13)9(2,3)4/h8,11H,5-7H2,1-4H3. The van der Waals surface area contributed by atoms with Crippen LogP contribution >= 0.6 is 11.6 Å². The second kappa shape index (κ2) is 5.33. The van der Waals surface area contributed by atoms with Gasteiger partial charge in [-0.15, -0.1) is 11.6 Å². The van der Waals surface area contributed by atoms with Gasteiger partial charge in [0, 0.05) is 11.9 Å². The van der Waals surface area contributed by atoms with Crippen LogP contribution < -0.4 is 4.72 Å². The molecule has 0 spiro atoms. The Bertz CT molecular complexity index is 256. The Labute approximate surface area is 92.3 Å². The Morgan fingerprint density at radius 3 is 2.14 bits per heavy atom. The molecule has 1 atom stereocenters. The zero-order chi connectivity index (χ0) is 11.4. The normalized spacial score (nSPS) is 15.5. The Morgan fingerprint density at radius 1 is 1.36 bits per heavy atom. The van der Waals surface area contributed by atoms with Gasteiger partial charge in [0.25, 0.3) is 0 Å². The molecule has 5 heteroatoms. The van der Waals surface area contributed by atoms with E-state index in [0.29, 0.717) is 12.3 Å². The molecule has 0 rings (SSSR count). The van der Waals surface area contributed by atoms with Crippen molar-refractivity contribution < 1.29 is 8.42 Å². The monoisotopic (exact) mass is 241 g/mol. The minimum absolute atomic E-state index is 0.0447. The van der Waals surface area contributed by atoms with Crippen molar-refractivity contribution in [2.45, 2.75) is 51.3 Å². The lowest BCUT2D eigenvalue weighted by atomic mass is 10.2. The molecule has 0 aliphatic carbocycles. The molecular weight excluding hydrogens is 222 g/mol. The minimum atomic E-state index is -3.24. The first-order valence-corrected chi connectivity index (χ1v) is 6.84.